The molecule has 2 aromatic rings. The van der Waals surface area contributed by atoms with E-state index in [1.807, 2.05) is 12.1 Å². The van der Waals surface area contributed by atoms with E-state index in [9.17, 15) is 8.42 Å². The Hall–Kier alpha value is -1.82. The molecule has 0 saturated carbocycles. The standard InChI is InChI=1S/C15H20N2O3S/c1-3-4-5-6-13-7-9-14(10-8-13)21(18,19)17-15-11-12(2)16-20-15/h7-11,17H,3-6H2,1-2H3. The van der Waals surface area contributed by atoms with Crippen LogP contribution in [-0.2, 0) is 16.4 Å². The second kappa shape index (κ2) is 6.76. The molecule has 1 heterocycles. The van der Waals surface area contributed by atoms with Gasteiger partial charge in [-0.3, -0.25) is 0 Å². The first kappa shape index (κ1) is 15.6. The summed E-state index contributed by atoms with van der Waals surface area (Å²) in [6, 6.07) is 8.49. The first-order valence-corrected chi connectivity index (χ1v) is 8.54. The number of unbranched alkanes of at least 4 members (excludes halogenated alkanes) is 2. The molecule has 2 rings (SSSR count). The Morgan fingerprint density at radius 1 is 1.19 bits per heavy atom. The minimum Gasteiger partial charge on any atom is -0.338 e. The molecule has 0 saturated heterocycles. The van der Waals surface area contributed by atoms with E-state index >= 15 is 0 Å². The first-order chi connectivity index (χ1) is 10.0. The molecule has 0 aliphatic heterocycles. The van der Waals surface area contributed by atoms with E-state index in [-0.39, 0.29) is 10.8 Å². The minimum absolute atomic E-state index is 0.125. The number of rotatable bonds is 7. The van der Waals surface area contributed by atoms with Crippen molar-refractivity contribution in [3.63, 3.8) is 0 Å². The molecule has 21 heavy (non-hydrogen) atoms. The zero-order chi connectivity index (χ0) is 15.3. The van der Waals surface area contributed by atoms with Gasteiger partial charge in [0.25, 0.3) is 10.0 Å². The molecule has 1 aromatic carbocycles. The fourth-order valence-electron chi connectivity index (χ4n) is 2.02. The van der Waals surface area contributed by atoms with Gasteiger partial charge in [0, 0.05) is 6.07 Å². The molecular weight excluding hydrogens is 288 g/mol. The topological polar surface area (TPSA) is 72.2 Å². The highest BCUT2D eigenvalue weighted by Gasteiger charge is 2.16. The third-order valence-corrected chi connectivity index (χ3v) is 4.53. The molecule has 1 aromatic heterocycles. The lowest BCUT2D eigenvalue weighted by Gasteiger charge is -2.06. The fraction of sp³-hybridized carbons (Fsp3) is 0.400. The summed E-state index contributed by atoms with van der Waals surface area (Å²) in [4.78, 5) is 0.218. The summed E-state index contributed by atoms with van der Waals surface area (Å²) in [5.74, 6) is 0.125. The van der Waals surface area contributed by atoms with Crippen molar-refractivity contribution in [1.82, 2.24) is 5.16 Å². The highest BCUT2D eigenvalue weighted by molar-refractivity contribution is 7.92. The van der Waals surface area contributed by atoms with Gasteiger partial charge in [0.2, 0.25) is 5.88 Å². The predicted molar refractivity (Wildman–Crippen MR) is 81.7 cm³/mol. The van der Waals surface area contributed by atoms with Crippen LogP contribution in [0.5, 0.6) is 0 Å². The summed E-state index contributed by atoms with van der Waals surface area (Å²) >= 11 is 0. The minimum atomic E-state index is -3.63. The molecular formula is C15H20N2O3S. The smallest absolute Gasteiger partial charge is 0.264 e. The van der Waals surface area contributed by atoms with E-state index < -0.39 is 10.0 Å². The maximum absolute atomic E-state index is 12.2. The normalized spacial score (nSPS) is 11.5. The third kappa shape index (κ3) is 4.32. The number of hydrogen-bond acceptors (Lipinski definition) is 4. The van der Waals surface area contributed by atoms with Crippen LogP contribution in [0.3, 0.4) is 0 Å². The Labute approximate surface area is 125 Å². The van der Waals surface area contributed by atoms with Gasteiger partial charge in [0.05, 0.1) is 10.6 Å². The maximum atomic E-state index is 12.2. The fourth-order valence-corrected chi connectivity index (χ4v) is 2.99. The molecule has 5 nitrogen and oxygen atoms in total. The average molecular weight is 308 g/mol. The van der Waals surface area contributed by atoms with E-state index in [4.69, 9.17) is 4.52 Å². The van der Waals surface area contributed by atoms with E-state index in [0.717, 1.165) is 18.4 Å². The van der Waals surface area contributed by atoms with Crippen molar-refractivity contribution in [1.29, 1.82) is 0 Å². The highest BCUT2D eigenvalue weighted by Crippen LogP contribution is 2.18. The molecule has 0 amide bonds. The molecule has 0 fully saturated rings. The van der Waals surface area contributed by atoms with Crippen LogP contribution in [0.1, 0.15) is 37.4 Å². The lowest BCUT2D eigenvalue weighted by atomic mass is 10.1. The van der Waals surface area contributed by atoms with Crippen molar-refractivity contribution in [2.45, 2.75) is 44.4 Å². The third-order valence-electron chi connectivity index (χ3n) is 3.17. The summed E-state index contributed by atoms with van der Waals surface area (Å²) in [6.07, 6.45) is 4.46. The molecule has 0 aliphatic rings. The van der Waals surface area contributed by atoms with Crippen molar-refractivity contribution in [2.75, 3.05) is 4.72 Å². The quantitative estimate of drug-likeness (QED) is 0.794. The van der Waals surface area contributed by atoms with E-state index in [0.29, 0.717) is 5.69 Å². The Morgan fingerprint density at radius 2 is 1.90 bits per heavy atom. The average Bonchev–Trinajstić information content (AvgIpc) is 2.84. The molecule has 0 radical (unpaired) electrons. The number of anilines is 1. The maximum Gasteiger partial charge on any atom is 0.264 e. The Morgan fingerprint density at radius 3 is 2.48 bits per heavy atom. The van der Waals surface area contributed by atoms with Gasteiger partial charge < -0.3 is 4.52 Å². The van der Waals surface area contributed by atoms with Crippen molar-refractivity contribution in [2.24, 2.45) is 0 Å². The zero-order valence-electron chi connectivity index (χ0n) is 12.3. The molecule has 0 unspecified atom stereocenters. The van der Waals surface area contributed by atoms with Gasteiger partial charge in [0.1, 0.15) is 0 Å². The molecule has 6 heteroatoms. The largest absolute Gasteiger partial charge is 0.338 e. The summed E-state index contributed by atoms with van der Waals surface area (Å²) < 4.78 is 31.6. The number of benzene rings is 1. The van der Waals surface area contributed by atoms with Crippen molar-refractivity contribution in [3.8, 4) is 0 Å². The molecule has 0 atom stereocenters. The molecule has 0 bridgehead atoms. The molecule has 114 valence electrons. The van der Waals surface area contributed by atoms with Crippen LogP contribution in [0.2, 0.25) is 0 Å². The van der Waals surface area contributed by atoms with Crippen LogP contribution in [-0.4, -0.2) is 13.6 Å². The zero-order valence-corrected chi connectivity index (χ0v) is 13.1. The number of sulfonamides is 1. The van der Waals surface area contributed by atoms with Gasteiger partial charge in [-0.15, -0.1) is 0 Å². The molecule has 1 N–H and O–H groups in total. The van der Waals surface area contributed by atoms with E-state index in [1.54, 1.807) is 19.1 Å². The predicted octanol–water partition coefficient (Wildman–Crippen LogP) is 3.52. The molecule has 0 spiro atoms. The van der Waals surface area contributed by atoms with Crippen LogP contribution < -0.4 is 4.72 Å². The van der Waals surface area contributed by atoms with Crippen LogP contribution >= 0.6 is 0 Å². The van der Waals surface area contributed by atoms with Gasteiger partial charge >= 0.3 is 0 Å². The lowest BCUT2D eigenvalue weighted by Crippen LogP contribution is -2.12. The summed E-state index contributed by atoms with van der Waals surface area (Å²) in [6.45, 7) is 3.89. The lowest BCUT2D eigenvalue weighted by molar-refractivity contribution is 0.430. The SMILES string of the molecule is CCCCCc1ccc(S(=O)(=O)Nc2cc(C)no2)cc1. The first-order valence-electron chi connectivity index (χ1n) is 7.06. The molecule has 0 aliphatic carbocycles. The summed E-state index contributed by atoms with van der Waals surface area (Å²) in [5, 5.41) is 3.65. The van der Waals surface area contributed by atoms with Gasteiger partial charge in [-0.05, 0) is 37.5 Å². The van der Waals surface area contributed by atoms with Crippen molar-refractivity contribution >= 4 is 15.9 Å². The number of hydrogen-bond donors (Lipinski definition) is 1. The monoisotopic (exact) mass is 308 g/mol. The van der Waals surface area contributed by atoms with Crippen LogP contribution in [0.15, 0.2) is 39.8 Å². The van der Waals surface area contributed by atoms with Crippen molar-refractivity contribution < 1.29 is 12.9 Å². The number of aromatic nitrogens is 1. The number of nitrogens with one attached hydrogen (secondary N) is 1. The Bertz CT molecular complexity index is 675. The van der Waals surface area contributed by atoms with Crippen molar-refractivity contribution in [3.05, 3.63) is 41.6 Å². The second-order valence-corrected chi connectivity index (χ2v) is 6.72. The van der Waals surface area contributed by atoms with Gasteiger partial charge in [-0.25, -0.2) is 13.1 Å². The number of nitrogens with zero attached hydrogens (tertiary/aromatic N) is 1. The highest BCUT2D eigenvalue weighted by atomic mass is 32.2. The summed E-state index contributed by atoms with van der Waals surface area (Å²) in [5.41, 5.74) is 1.77. The van der Waals surface area contributed by atoms with Gasteiger partial charge in [0.15, 0.2) is 0 Å². The Kier molecular flexibility index (Phi) is 5.01. The number of aryl methyl sites for hydroxylation is 2. The van der Waals surface area contributed by atoms with E-state index in [2.05, 4.69) is 16.8 Å². The van der Waals surface area contributed by atoms with Gasteiger partial charge in [-0.1, -0.05) is 37.1 Å². The van der Waals surface area contributed by atoms with Gasteiger partial charge in [-0.2, -0.15) is 0 Å². The summed E-state index contributed by atoms with van der Waals surface area (Å²) in [7, 11) is -3.63. The van der Waals surface area contributed by atoms with Crippen LogP contribution in [0, 0.1) is 6.92 Å². The van der Waals surface area contributed by atoms with Crippen LogP contribution in [0.25, 0.3) is 0 Å². The van der Waals surface area contributed by atoms with Crippen LogP contribution in [0.4, 0.5) is 5.88 Å². The second-order valence-electron chi connectivity index (χ2n) is 5.04. The van der Waals surface area contributed by atoms with E-state index in [1.165, 1.54) is 18.9 Å². The Balaban J connectivity index is 2.06.